The van der Waals surface area contributed by atoms with Crippen LogP contribution in [0.3, 0.4) is 0 Å². The maximum atomic E-state index is 14.1. The van der Waals surface area contributed by atoms with Crippen LogP contribution in [0.4, 0.5) is 24.9 Å². The van der Waals surface area contributed by atoms with Gasteiger partial charge in [-0.05, 0) is 79.3 Å². The summed E-state index contributed by atoms with van der Waals surface area (Å²) >= 11 is 0. The quantitative estimate of drug-likeness (QED) is 0.205. The number of nitrogens with zero attached hydrogens (tertiary/aromatic N) is 7. The number of aromatic amines is 1. The molecule has 0 bridgehead atoms. The first kappa shape index (κ1) is 35.3. The number of hydrogen-bond donors (Lipinski definition) is 1. The van der Waals surface area contributed by atoms with Gasteiger partial charge in [0.15, 0.2) is 12.4 Å². The van der Waals surface area contributed by atoms with E-state index < -0.39 is 12.8 Å². The van der Waals surface area contributed by atoms with E-state index in [4.69, 9.17) is 19.4 Å². The van der Waals surface area contributed by atoms with Crippen LogP contribution in [0.1, 0.15) is 49.7 Å². The largest absolute Gasteiger partial charge is 0.481 e. The van der Waals surface area contributed by atoms with E-state index in [1.165, 1.54) is 6.08 Å². The number of fused-ring (bicyclic) bond motifs is 2. The molecule has 5 fully saturated rings. The number of hydrogen-bond acceptors (Lipinski definition) is 9. The molecule has 2 aromatic heterocycles. The second-order valence-electron chi connectivity index (χ2n) is 16.3. The maximum Gasteiger partial charge on any atom is 0.422 e. The Hall–Kier alpha value is -4.43. The number of nitrogens with one attached hydrogen (secondary N) is 1. The van der Waals surface area contributed by atoms with Crippen LogP contribution in [0, 0.1) is 18.3 Å². The van der Waals surface area contributed by atoms with Crippen LogP contribution in [0.5, 0.6) is 5.75 Å². The fourth-order valence-electron chi connectivity index (χ4n) is 9.32. The summed E-state index contributed by atoms with van der Waals surface area (Å²) in [4.78, 5) is 31.4. The van der Waals surface area contributed by atoms with Crippen LogP contribution in [-0.4, -0.2) is 120 Å². The molecule has 1 aliphatic carbocycles. The molecule has 1 spiro atoms. The number of halogens is 3. The summed E-state index contributed by atoms with van der Waals surface area (Å²) in [6.07, 6.45) is 2.37. The van der Waals surface area contributed by atoms with Crippen molar-refractivity contribution in [3.05, 3.63) is 48.2 Å². The first-order chi connectivity index (χ1) is 25.9. The van der Waals surface area contributed by atoms with Gasteiger partial charge in [0.25, 0.3) is 0 Å². The summed E-state index contributed by atoms with van der Waals surface area (Å²) in [5.74, 6) is 1.94. The van der Waals surface area contributed by atoms with Gasteiger partial charge in [-0.15, -0.1) is 0 Å². The third-order valence-corrected chi connectivity index (χ3v) is 12.6. The molecular formula is C40H47F3N8O3. The molecule has 1 N–H and O–H groups in total. The Bertz CT molecular complexity index is 2110. The first-order valence-electron chi connectivity index (χ1n) is 19.1. The number of H-pyrrole nitrogens is 1. The molecule has 9 rings (SSSR count). The van der Waals surface area contributed by atoms with Crippen molar-refractivity contribution in [3.8, 4) is 16.9 Å². The van der Waals surface area contributed by atoms with Gasteiger partial charge in [-0.2, -0.15) is 23.3 Å². The average Bonchev–Trinajstić information content (AvgIpc) is 3.74. The molecule has 4 aliphatic heterocycles. The number of ether oxygens (including phenoxy) is 2. The van der Waals surface area contributed by atoms with Crippen molar-refractivity contribution < 1.29 is 27.4 Å². The van der Waals surface area contributed by atoms with Crippen molar-refractivity contribution in [1.82, 2.24) is 30.0 Å². The summed E-state index contributed by atoms with van der Waals surface area (Å²) in [5, 5.41) is 8.88. The summed E-state index contributed by atoms with van der Waals surface area (Å²) < 4.78 is 54.1. The summed E-state index contributed by atoms with van der Waals surface area (Å²) in [6.45, 7) is 12.5. The van der Waals surface area contributed by atoms with E-state index in [1.807, 2.05) is 24.0 Å². The molecule has 2 atom stereocenters. The van der Waals surface area contributed by atoms with Gasteiger partial charge in [-0.25, -0.2) is 4.98 Å². The highest BCUT2D eigenvalue weighted by Crippen LogP contribution is 2.53. The molecule has 1 amide bonds. The molecule has 1 saturated carbocycles. The molecule has 0 unspecified atom stereocenters. The number of methoxy groups -OCH3 is 1. The van der Waals surface area contributed by atoms with Gasteiger partial charge in [0.1, 0.15) is 11.3 Å². The molecule has 6 heterocycles. The van der Waals surface area contributed by atoms with Crippen molar-refractivity contribution in [1.29, 1.82) is 0 Å². The van der Waals surface area contributed by atoms with E-state index in [9.17, 15) is 18.0 Å². The molecular weight excluding hydrogens is 697 g/mol. The Morgan fingerprint density at radius 1 is 1.06 bits per heavy atom. The van der Waals surface area contributed by atoms with Crippen molar-refractivity contribution in [2.45, 2.75) is 63.8 Å². The first-order valence-corrected chi connectivity index (χ1v) is 19.1. The van der Waals surface area contributed by atoms with Crippen molar-refractivity contribution in [2.24, 2.45) is 11.3 Å². The molecule has 14 heteroatoms. The normalized spacial score (nSPS) is 23.3. The minimum absolute atomic E-state index is 0.0420. The van der Waals surface area contributed by atoms with E-state index in [0.29, 0.717) is 73.6 Å². The van der Waals surface area contributed by atoms with E-state index in [2.05, 4.69) is 44.5 Å². The Kier molecular flexibility index (Phi) is 8.56. The standard InChI is InChI=1S/C40H47F3N8O3/c1-5-32(52)51-20-39(21-51)10-12-48(13-11-39)37-28-14-27(25-7-8-25)34(33-23(2)6-9-30-29(33)15-44-47-30)36(54-22-40(41,42)43)35(28)45-38(46-37)50-17-26(18-50)49-16-24(3)31(19-49)53-4/h5-6,9,14-15,24-26,31H,1,7-8,10-13,16-22H2,2-4H3,(H,44,47)/t24-,31+/m1/s1. The van der Waals surface area contributed by atoms with E-state index in [1.54, 1.807) is 13.3 Å². The summed E-state index contributed by atoms with van der Waals surface area (Å²) in [5.41, 5.74) is 4.59. The lowest BCUT2D eigenvalue weighted by atomic mass is 9.72. The smallest absolute Gasteiger partial charge is 0.422 e. The number of alkyl halides is 3. The number of likely N-dealkylation sites (tertiary alicyclic amines) is 2. The van der Waals surface area contributed by atoms with Crippen LogP contribution in [0.15, 0.2) is 37.1 Å². The van der Waals surface area contributed by atoms with Gasteiger partial charge in [0.05, 0.1) is 17.8 Å². The SMILES string of the molecule is C=CC(=O)N1CC2(CCN(c3nc(N4CC(N5C[C@@H](C)[C@@H](OC)C5)C4)nc4c(OCC(F)(F)F)c(-c5c(C)ccc6[nH]ncc56)c(C5CC5)cc34)CC2)C1. The molecule has 4 saturated heterocycles. The van der Waals surface area contributed by atoms with Crippen LogP contribution < -0.4 is 14.5 Å². The fraction of sp³-hybridized carbons (Fsp3) is 0.550. The second kappa shape index (κ2) is 13.1. The van der Waals surface area contributed by atoms with Gasteiger partial charge >= 0.3 is 6.18 Å². The Morgan fingerprint density at radius 2 is 1.81 bits per heavy atom. The Labute approximate surface area is 312 Å². The highest BCUT2D eigenvalue weighted by atomic mass is 19.4. The van der Waals surface area contributed by atoms with Crippen LogP contribution in [0.25, 0.3) is 32.9 Å². The number of aromatic nitrogens is 4. The Balaban J connectivity index is 1.17. The number of amides is 1. The lowest BCUT2D eigenvalue weighted by Gasteiger charge is -2.54. The molecule has 11 nitrogen and oxygen atoms in total. The van der Waals surface area contributed by atoms with Gasteiger partial charge in [0, 0.05) is 87.3 Å². The molecule has 4 aromatic rings. The number of anilines is 2. The summed E-state index contributed by atoms with van der Waals surface area (Å²) in [6, 6.07) is 6.36. The van der Waals surface area contributed by atoms with Crippen molar-refractivity contribution in [2.75, 3.05) is 75.9 Å². The van der Waals surface area contributed by atoms with E-state index >= 15 is 0 Å². The van der Waals surface area contributed by atoms with Gasteiger partial charge in [-0.1, -0.05) is 19.6 Å². The topological polar surface area (TPSA) is 103 Å². The van der Waals surface area contributed by atoms with Gasteiger partial charge in [-0.3, -0.25) is 14.8 Å². The molecule has 54 heavy (non-hydrogen) atoms. The lowest BCUT2D eigenvalue weighted by molar-refractivity contribution is -0.153. The zero-order chi connectivity index (χ0) is 37.5. The number of aryl methyl sites for hydroxylation is 1. The summed E-state index contributed by atoms with van der Waals surface area (Å²) in [7, 11) is 1.77. The van der Waals surface area contributed by atoms with Crippen LogP contribution in [0.2, 0.25) is 0 Å². The third kappa shape index (κ3) is 6.15. The highest BCUT2D eigenvalue weighted by molar-refractivity contribution is 6.06. The predicted octanol–water partition coefficient (Wildman–Crippen LogP) is 6.07. The molecule has 286 valence electrons. The van der Waals surface area contributed by atoms with Gasteiger partial charge < -0.3 is 24.2 Å². The fourth-order valence-corrected chi connectivity index (χ4v) is 9.32. The monoisotopic (exact) mass is 744 g/mol. The highest BCUT2D eigenvalue weighted by Gasteiger charge is 2.47. The molecule has 5 aliphatic rings. The average molecular weight is 745 g/mol. The zero-order valence-electron chi connectivity index (χ0n) is 31.1. The molecule has 2 aromatic carbocycles. The third-order valence-electron chi connectivity index (χ3n) is 12.6. The lowest BCUT2D eigenvalue weighted by Crippen LogP contribution is -2.61. The van der Waals surface area contributed by atoms with Crippen LogP contribution in [-0.2, 0) is 9.53 Å². The van der Waals surface area contributed by atoms with Gasteiger partial charge in [0.2, 0.25) is 11.9 Å². The number of carbonyl (C=O) groups is 1. The number of carbonyl (C=O) groups excluding carboxylic acids is 1. The van der Waals surface area contributed by atoms with E-state index in [0.717, 1.165) is 72.2 Å². The van der Waals surface area contributed by atoms with Crippen molar-refractivity contribution >= 4 is 39.5 Å². The predicted molar refractivity (Wildman–Crippen MR) is 201 cm³/mol. The number of piperidine rings is 1. The Morgan fingerprint density at radius 3 is 2.48 bits per heavy atom. The zero-order valence-corrected chi connectivity index (χ0v) is 31.1. The minimum Gasteiger partial charge on any atom is -0.481 e. The van der Waals surface area contributed by atoms with E-state index in [-0.39, 0.29) is 29.1 Å². The minimum atomic E-state index is -4.56. The number of benzene rings is 2. The van der Waals surface area contributed by atoms with Crippen LogP contribution >= 0.6 is 0 Å². The second-order valence-corrected chi connectivity index (χ2v) is 16.3. The number of rotatable bonds is 9. The van der Waals surface area contributed by atoms with Crippen molar-refractivity contribution in [3.63, 3.8) is 0 Å². The maximum absolute atomic E-state index is 14.1. The molecule has 0 radical (unpaired) electrons.